The molecule has 4 aromatic rings. The predicted molar refractivity (Wildman–Crippen MR) is 135 cm³/mol. The Balaban J connectivity index is 1.96. The first-order valence-electron chi connectivity index (χ1n) is 10.9. The van der Waals surface area contributed by atoms with E-state index in [1.165, 1.54) is 7.11 Å². The molecule has 0 spiro atoms. The van der Waals surface area contributed by atoms with Gasteiger partial charge < -0.3 is 19.7 Å². The zero-order valence-electron chi connectivity index (χ0n) is 19.0. The zero-order valence-corrected chi connectivity index (χ0v) is 19.7. The molecule has 0 radical (unpaired) electrons. The molecule has 0 atom stereocenters. The number of nitrogens with zero attached hydrogens (tertiary/aromatic N) is 1. The SMILES string of the molecule is COC(=O)c1c(Cc2cccc(C(=O)NCCO)c2)c(=O)c2ccc(Cl)cc2n1-c1ccccc1. The van der Waals surface area contributed by atoms with Crippen molar-refractivity contribution in [1.82, 2.24) is 9.88 Å². The van der Waals surface area contributed by atoms with E-state index in [9.17, 15) is 14.4 Å². The number of para-hydroxylation sites is 1. The predicted octanol–water partition coefficient (Wildman–Crippen LogP) is 3.74. The maximum absolute atomic E-state index is 13.7. The molecule has 0 aliphatic carbocycles. The van der Waals surface area contributed by atoms with Crippen LogP contribution in [0, 0.1) is 0 Å². The van der Waals surface area contributed by atoms with Crippen LogP contribution in [0.15, 0.2) is 77.6 Å². The van der Waals surface area contributed by atoms with Crippen molar-refractivity contribution in [3.63, 3.8) is 0 Å². The van der Waals surface area contributed by atoms with Crippen LogP contribution in [0.25, 0.3) is 16.6 Å². The van der Waals surface area contributed by atoms with E-state index < -0.39 is 5.97 Å². The van der Waals surface area contributed by atoms with Crippen LogP contribution < -0.4 is 10.7 Å². The summed E-state index contributed by atoms with van der Waals surface area (Å²) < 4.78 is 6.78. The number of benzene rings is 3. The molecule has 0 aliphatic rings. The molecule has 0 aliphatic heterocycles. The lowest BCUT2D eigenvalue weighted by molar-refractivity contribution is 0.0589. The molecule has 0 fully saturated rings. The molecule has 0 unspecified atom stereocenters. The molecule has 4 rings (SSSR count). The number of pyridine rings is 1. The molecule has 0 saturated heterocycles. The normalized spacial score (nSPS) is 10.8. The number of fused-ring (bicyclic) bond motifs is 1. The number of ether oxygens (including phenoxy) is 1. The van der Waals surface area contributed by atoms with E-state index >= 15 is 0 Å². The number of hydrogen-bond donors (Lipinski definition) is 2. The first-order valence-corrected chi connectivity index (χ1v) is 11.3. The lowest BCUT2D eigenvalue weighted by atomic mass is 9.98. The number of methoxy groups -OCH3 is 1. The Bertz CT molecular complexity index is 1460. The van der Waals surface area contributed by atoms with Crippen molar-refractivity contribution in [2.24, 2.45) is 0 Å². The van der Waals surface area contributed by atoms with Crippen molar-refractivity contribution in [3.05, 3.63) is 110 Å². The molecule has 0 saturated carbocycles. The highest BCUT2D eigenvalue weighted by atomic mass is 35.5. The summed E-state index contributed by atoms with van der Waals surface area (Å²) in [6.07, 6.45) is 0.0930. The Morgan fingerprint density at radius 3 is 2.51 bits per heavy atom. The number of hydrogen-bond acceptors (Lipinski definition) is 5. The molecule has 178 valence electrons. The van der Waals surface area contributed by atoms with E-state index in [0.29, 0.717) is 32.7 Å². The second-order valence-electron chi connectivity index (χ2n) is 7.84. The van der Waals surface area contributed by atoms with Crippen molar-refractivity contribution >= 4 is 34.4 Å². The molecule has 35 heavy (non-hydrogen) atoms. The van der Waals surface area contributed by atoms with Gasteiger partial charge in [0.15, 0.2) is 5.43 Å². The number of halogens is 1. The third-order valence-corrected chi connectivity index (χ3v) is 5.82. The Hall–Kier alpha value is -3.94. The monoisotopic (exact) mass is 490 g/mol. The first-order chi connectivity index (χ1) is 16.9. The Kier molecular flexibility index (Phi) is 7.29. The van der Waals surface area contributed by atoms with Gasteiger partial charge in [0.2, 0.25) is 0 Å². The standard InChI is InChI=1S/C27H23ClN2O5/c1-35-27(34)24-22(15-17-6-5-7-18(14-17)26(33)29-12-13-31)25(32)21-11-10-19(28)16-23(21)30(24)20-8-3-2-4-9-20/h2-11,14,16,31H,12-13,15H2,1H3,(H,29,33). The van der Waals surface area contributed by atoms with Crippen molar-refractivity contribution in [1.29, 1.82) is 0 Å². The highest BCUT2D eigenvalue weighted by Gasteiger charge is 2.24. The number of aromatic nitrogens is 1. The quantitative estimate of drug-likeness (QED) is 0.385. The van der Waals surface area contributed by atoms with E-state index in [0.717, 1.165) is 0 Å². The van der Waals surface area contributed by atoms with E-state index in [2.05, 4.69) is 5.32 Å². The molecule has 7 nitrogen and oxygen atoms in total. The van der Waals surface area contributed by atoms with Crippen LogP contribution in [-0.2, 0) is 11.2 Å². The Morgan fingerprint density at radius 2 is 1.80 bits per heavy atom. The minimum Gasteiger partial charge on any atom is -0.464 e. The van der Waals surface area contributed by atoms with Gasteiger partial charge in [-0.25, -0.2) is 4.79 Å². The zero-order chi connectivity index (χ0) is 24.9. The van der Waals surface area contributed by atoms with Crippen molar-refractivity contribution in [2.45, 2.75) is 6.42 Å². The number of esters is 1. The van der Waals surface area contributed by atoms with Gasteiger partial charge in [-0.1, -0.05) is 41.9 Å². The summed E-state index contributed by atoms with van der Waals surface area (Å²) in [4.78, 5) is 39.1. The number of carbonyl (C=O) groups excluding carboxylic acids is 2. The fourth-order valence-electron chi connectivity index (χ4n) is 4.03. The van der Waals surface area contributed by atoms with Crippen LogP contribution in [0.1, 0.15) is 32.0 Å². The van der Waals surface area contributed by atoms with E-state index in [4.69, 9.17) is 21.4 Å². The maximum atomic E-state index is 13.7. The molecule has 2 N–H and O–H groups in total. The average molecular weight is 491 g/mol. The number of nitrogens with one attached hydrogen (secondary N) is 1. The summed E-state index contributed by atoms with van der Waals surface area (Å²) in [6, 6.07) is 20.9. The lowest BCUT2D eigenvalue weighted by Crippen LogP contribution is -2.26. The third kappa shape index (κ3) is 4.96. The Labute approximate surface area is 206 Å². The lowest BCUT2D eigenvalue weighted by Gasteiger charge is -2.20. The van der Waals surface area contributed by atoms with E-state index in [1.807, 2.05) is 30.3 Å². The van der Waals surface area contributed by atoms with Gasteiger partial charge in [0, 0.05) is 40.2 Å². The summed E-state index contributed by atoms with van der Waals surface area (Å²) in [6.45, 7) is -0.0430. The molecular weight excluding hydrogens is 468 g/mol. The summed E-state index contributed by atoms with van der Waals surface area (Å²) in [5.74, 6) is -1.01. The third-order valence-electron chi connectivity index (χ3n) is 5.59. The molecule has 0 bridgehead atoms. The topological polar surface area (TPSA) is 97.6 Å². The minimum absolute atomic E-state index is 0.0913. The van der Waals surface area contributed by atoms with Crippen molar-refractivity contribution in [2.75, 3.05) is 20.3 Å². The molecular formula is C27H23ClN2O5. The average Bonchev–Trinajstić information content (AvgIpc) is 2.88. The number of rotatable bonds is 7. The Morgan fingerprint density at radius 1 is 1.03 bits per heavy atom. The second kappa shape index (κ2) is 10.5. The maximum Gasteiger partial charge on any atom is 0.355 e. The number of aliphatic hydroxyl groups excluding tert-OH is 1. The first kappa shape index (κ1) is 24.2. The number of carbonyl (C=O) groups is 2. The van der Waals surface area contributed by atoms with Crippen LogP contribution in [0.5, 0.6) is 0 Å². The summed E-state index contributed by atoms with van der Waals surface area (Å²) >= 11 is 6.26. The van der Waals surface area contributed by atoms with E-state index in [-0.39, 0.29) is 42.2 Å². The van der Waals surface area contributed by atoms with Gasteiger partial charge in [0.05, 0.1) is 19.2 Å². The second-order valence-corrected chi connectivity index (χ2v) is 8.27. The summed E-state index contributed by atoms with van der Waals surface area (Å²) in [5.41, 5.74) is 2.20. The van der Waals surface area contributed by atoms with Gasteiger partial charge in [-0.2, -0.15) is 0 Å². The van der Waals surface area contributed by atoms with Gasteiger partial charge in [0.25, 0.3) is 5.91 Å². The fraction of sp³-hybridized carbons (Fsp3) is 0.148. The molecule has 1 amide bonds. The van der Waals surface area contributed by atoms with Crippen molar-refractivity contribution < 1.29 is 19.4 Å². The highest BCUT2D eigenvalue weighted by Crippen LogP contribution is 2.26. The van der Waals surface area contributed by atoms with Gasteiger partial charge >= 0.3 is 5.97 Å². The minimum atomic E-state index is -0.667. The molecule has 1 aromatic heterocycles. The van der Waals surface area contributed by atoms with Gasteiger partial charge in [0.1, 0.15) is 5.69 Å². The number of aliphatic hydroxyl groups is 1. The largest absolute Gasteiger partial charge is 0.464 e. The van der Waals surface area contributed by atoms with Crippen LogP contribution in [0.4, 0.5) is 0 Å². The van der Waals surface area contributed by atoms with Gasteiger partial charge in [-0.15, -0.1) is 0 Å². The van der Waals surface area contributed by atoms with Crippen LogP contribution in [0.2, 0.25) is 5.02 Å². The summed E-state index contributed by atoms with van der Waals surface area (Å²) in [7, 11) is 1.26. The molecule has 8 heteroatoms. The van der Waals surface area contributed by atoms with E-state index in [1.54, 1.807) is 47.0 Å². The smallest absolute Gasteiger partial charge is 0.355 e. The van der Waals surface area contributed by atoms with Crippen LogP contribution in [0.3, 0.4) is 0 Å². The van der Waals surface area contributed by atoms with Crippen LogP contribution >= 0.6 is 11.6 Å². The van der Waals surface area contributed by atoms with Crippen molar-refractivity contribution in [3.8, 4) is 5.69 Å². The summed E-state index contributed by atoms with van der Waals surface area (Å²) in [5, 5.41) is 12.4. The number of amides is 1. The molecule has 3 aromatic carbocycles. The molecule has 1 heterocycles. The fourth-order valence-corrected chi connectivity index (χ4v) is 4.19. The van der Waals surface area contributed by atoms with Crippen LogP contribution in [-0.4, -0.2) is 41.8 Å². The highest BCUT2D eigenvalue weighted by molar-refractivity contribution is 6.31. The van der Waals surface area contributed by atoms with Gasteiger partial charge in [-0.3, -0.25) is 9.59 Å². The van der Waals surface area contributed by atoms with Gasteiger partial charge in [-0.05, 0) is 48.0 Å².